The smallest absolute Gasteiger partial charge is 0.235 e. The van der Waals surface area contributed by atoms with Crippen LogP contribution in [0.25, 0.3) is 0 Å². The van der Waals surface area contributed by atoms with E-state index in [9.17, 15) is 4.79 Å². The van der Waals surface area contributed by atoms with Gasteiger partial charge in [-0.15, -0.1) is 0 Å². The molecule has 1 aliphatic rings. The standard InChI is InChI=1S/C17H17NO/c1-17(2)15(13-9-5-3-6-10-13)18(16(17)19)14-11-7-4-8-12-14/h3-12,15H,1-2H3. The number of hydrogen-bond acceptors (Lipinski definition) is 1. The van der Waals surface area contributed by atoms with Crippen LogP contribution in [0.2, 0.25) is 0 Å². The Hall–Kier alpha value is -2.09. The van der Waals surface area contributed by atoms with Crippen molar-refractivity contribution >= 4 is 11.6 Å². The van der Waals surface area contributed by atoms with Gasteiger partial charge in [-0.2, -0.15) is 0 Å². The zero-order valence-corrected chi connectivity index (χ0v) is 11.2. The minimum Gasteiger partial charge on any atom is -0.303 e. The molecule has 0 aliphatic carbocycles. The summed E-state index contributed by atoms with van der Waals surface area (Å²) < 4.78 is 0. The number of nitrogens with zero attached hydrogens (tertiary/aromatic N) is 1. The summed E-state index contributed by atoms with van der Waals surface area (Å²) in [4.78, 5) is 14.3. The maximum atomic E-state index is 12.4. The van der Waals surface area contributed by atoms with Gasteiger partial charge in [0.05, 0.1) is 11.5 Å². The molecule has 1 saturated heterocycles. The van der Waals surface area contributed by atoms with Crippen molar-refractivity contribution in [3.8, 4) is 0 Å². The van der Waals surface area contributed by atoms with Crippen molar-refractivity contribution in [3.63, 3.8) is 0 Å². The second kappa shape index (κ2) is 4.23. The third-order valence-electron chi connectivity index (χ3n) is 3.86. The first kappa shape index (κ1) is 12.0. The maximum absolute atomic E-state index is 12.4. The van der Waals surface area contributed by atoms with E-state index >= 15 is 0 Å². The van der Waals surface area contributed by atoms with Gasteiger partial charge in [0.2, 0.25) is 5.91 Å². The monoisotopic (exact) mass is 251 g/mol. The number of carbonyl (C=O) groups excluding carboxylic acids is 1. The number of amides is 1. The van der Waals surface area contributed by atoms with E-state index in [2.05, 4.69) is 12.1 Å². The fraction of sp³-hybridized carbons (Fsp3) is 0.235. The summed E-state index contributed by atoms with van der Waals surface area (Å²) in [5.74, 6) is 0.188. The summed E-state index contributed by atoms with van der Waals surface area (Å²) in [5, 5.41) is 0. The molecule has 0 bridgehead atoms. The number of rotatable bonds is 2. The van der Waals surface area contributed by atoms with E-state index in [0.717, 1.165) is 5.69 Å². The molecule has 1 amide bonds. The van der Waals surface area contributed by atoms with Crippen LogP contribution in [0, 0.1) is 5.41 Å². The topological polar surface area (TPSA) is 20.3 Å². The van der Waals surface area contributed by atoms with Crippen LogP contribution in [0.4, 0.5) is 5.69 Å². The molecular weight excluding hydrogens is 234 g/mol. The number of β-lactam (4-membered cyclic amide) rings is 1. The quantitative estimate of drug-likeness (QED) is 0.743. The van der Waals surface area contributed by atoms with Crippen molar-refractivity contribution < 1.29 is 4.79 Å². The molecule has 3 rings (SSSR count). The molecule has 1 aliphatic heterocycles. The Bertz CT molecular complexity index is 589. The largest absolute Gasteiger partial charge is 0.303 e. The highest BCUT2D eigenvalue weighted by atomic mass is 16.2. The van der Waals surface area contributed by atoms with Gasteiger partial charge in [0.15, 0.2) is 0 Å². The number of anilines is 1. The van der Waals surface area contributed by atoms with E-state index in [1.165, 1.54) is 5.56 Å². The average molecular weight is 251 g/mol. The van der Waals surface area contributed by atoms with E-state index < -0.39 is 0 Å². The molecule has 2 aromatic carbocycles. The first-order chi connectivity index (χ1) is 9.12. The predicted molar refractivity (Wildman–Crippen MR) is 76.9 cm³/mol. The molecule has 96 valence electrons. The van der Waals surface area contributed by atoms with E-state index in [0.29, 0.717) is 0 Å². The van der Waals surface area contributed by atoms with Crippen molar-refractivity contribution in [1.82, 2.24) is 0 Å². The lowest BCUT2D eigenvalue weighted by Crippen LogP contribution is -2.61. The van der Waals surface area contributed by atoms with Crippen molar-refractivity contribution in [2.75, 3.05) is 4.90 Å². The first-order valence-corrected chi connectivity index (χ1v) is 6.56. The molecule has 1 fully saturated rings. The van der Waals surface area contributed by atoms with Crippen molar-refractivity contribution in [1.29, 1.82) is 0 Å². The van der Waals surface area contributed by atoms with Crippen molar-refractivity contribution in [2.45, 2.75) is 19.9 Å². The molecule has 0 N–H and O–H groups in total. The van der Waals surface area contributed by atoms with Crippen LogP contribution in [0.3, 0.4) is 0 Å². The van der Waals surface area contributed by atoms with Crippen LogP contribution >= 0.6 is 0 Å². The Morgan fingerprint density at radius 2 is 1.42 bits per heavy atom. The van der Waals surface area contributed by atoms with Crippen LogP contribution in [0.5, 0.6) is 0 Å². The van der Waals surface area contributed by atoms with Crippen LogP contribution < -0.4 is 4.90 Å². The van der Waals surface area contributed by atoms with Crippen LogP contribution in [-0.2, 0) is 4.79 Å². The zero-order valence-electron chi connectivity index (χ0n) is 11.2. The van der Waals surface area contributed by atoms with Crippen molar-refractivity contribution in [3.05, 3.63) is 66.2 Å². The molecule has 1 unspecified atom stereocenters. The highest BCUT2D eigenvalue weighted by molar-refractivity contribution is 6.05. The Morgan fingerprint density at radius 3 is 2.00 bits per heavy atom. The summed E-state index contributed by atoms with van der Waals surface area (Å²) in [5.41, 5.74) is 1.83. The average Bonchev–Trinajstić information content (AvgIpc) is 2.45. The third kappa shape index (κ3) is 1.75. The van der Waals surface area contributed by atoms with Gasteiger partial charge in [0, 0.05) is 5.69 Å². The Morgan fingerprint density at radius 1 is 0.895 bits per heavy atom. The van der Waals surface area contributed by atoms with Gasteiger partial charge in [-0.25, -0.2) is 0 Å². The molecule has 0 aromatic heterocycles. The third-order valence-corrected chi connectivity index (χ3v) is 3.86. The SMILES string of the molecule is CC1(C)C(=O)N(c2ccccc2)C1c1ccccc1. The highest BCUT2D eigenvalue weighted by Gasteiger charge is 2.55. The van der Waals surface area contributed by atoms with E-state index in [1.54, 1.807) is 0 Å². The van der Waals surface area contributed by atoms with Crippen LogP contribution in [0.1, 0.15) is 25.5 Å². The number of carbonyl (C=O) groups is 1. The zero-order chi connectivity index (χ0) is 13.5. The normalized spacial score (nSPS) is 21.1. The Labute approximate surface area is 113 Å². The molecule has 2 nitrogen and oxygen atoms in total. The number of para-hydroxylation sites is 1. The minimum absolute atomic E-state index is 0.114. The molecule has 1 atom stereocenters. The van der Waals surface area contributed by atoms with Crippen LogP contribution in [0.15, 0.2) is 60.7 Å². The Balaban J connectivity index is 2.03. The van der Waals surface area contributed by atoms with E-state index in [4.69, 9.17) is 0 Å². The molecular formula is C17H17NO. The molecule has 0 spiro atoms. The maximum Gasteiger partial charge on any atom is 0.235 e. The highest BCUT2D eigenvalue weighted by Crippen LogP contribution is 2.51. The van der Waals surface area contributed by atoms with Gasteiger partial charge in [0.25, 0.3) is 0 Å². The molecule has 2 heteroatoms. The predicted octanol–water partition coefficient (Wildman–Crippen LogP) is 3.80. The first-order valence-electron chi connectivity index (χ1n) is 6.56. The van der Waals surface area contributed by atoms with E-state index in [-0.39, 0.29) is 17.4 Å². The molecule has 2 aromatic rings. The molecule has 0 radical (unpaired) electrons. The minimum atomic E-state index is -0.336. The van der Waals surface area contributed by atoms with E-state index in [1.807, 2.05) is 67.3 Å². The molecule has 1 heterocycles. The van der Waals surface area contributed by atoms with Gasteiger partial charge in [-0.05, 0) is 31.5 Å². The van der Waals surface area contributed by atoms with Gasteiger partial charge in [0.1, 0.15) is 0 Å². The van der Waals surface area contributed by atoms with Gasteiger partial charge in [-0.3, -0.25) is 4.79 Å². The fourth-order valence-electron chi connectivity index (χ4n) is 2.86. The summed E-state index contributed by atoms with van der Waals surface area (Å²) in [6.45, 7) is 4.04. The summed E-state index contributed by atoms with van der Waals surface area (Å²) >= 11 is 0. The van der Waals surface area contributed by atoms with Gasteiger partial charge in [-0.1, -0.05) is 48.5 Å². The molecule has 19 heavy (non-hydrogen) atoms. The summed E-state index contributed by atoms with van der Waals surface area (Å²) in [6, 6.07) is 20.2. The second-order valence-electron chi connectivity index (χ2n) is 5.55. The summed E-state index contributed by atoms with van der Waals surface area (Å²) in [6.07, 6.45) is 0. The van der Waals surface area contributed by atoms with Crippen molar-refractivity contribution in [2.24, 2.45) is 5.41 Å². The lowest BCUT2D eigenvalue weighted by Gasteiger charge is -2.53. The fourth-order valence-corrected chi connectivity index (χ4v) is 2.86. The second-order valence-corrected chi connectivity index (χ2v) is 5.55. The Kier molecular flexibility index (Phi) is 2.67. The van der Waals surface area contributed by atoms with Gasteiger partial charge < -0.3 is 4.90 Å². The van der Waals surface area contributed by atoms with Crippen LogP contribution in [-0.4, -0.2) is 5.91 Å². The lowest BCUT2D eigenvalue weighted by molar-refractivity contribution is -0.137. The number of hydrogen-bond donors (Lipinski definition) is 0. The molecule has 0 saturated carbocycles. The summed E-state index contributed by atoms with van der Waals surface area (Å²) in [7, 11) is 0. The van der Waals surface area contributed by atoms with Gasteiger partial charge >= 0.3 is 0 Å². The number of benzene rings is 2. The lowest BCUT2D eigenvalue weighted by atomic mass is 9.70.